The van der Waals surface area contributed by atoms with Gasteiger partial charge in [0.2, 0.25) is 10.0 Å². The van der Waals surface area contributed by atoms with Crippen molar-refractivity contribution in [1.29, 1.82) is 0 Å². The van der Waals surface area contributed by atoms with Gasteiger partial charge in [0.25, 0.3) is 0 Å². The van der Waals surface area contributed by atoms with Crippen molar-refractivity contribution >= 4 is 33.6 Å². The van der Waals surface area contributed by atoms with E-state index in [0.717, 1.165) is 0 Å². The second kappa shape index (κ2) is 12.8. The highest BCUT2D eigenvalue weighted by molar-refractivity contribution is 7.89. The number of carbonyl (C=O) groups excluding carboxylic acids is 2. The van der Waals surface area contributed by atoms with Crippen molar-refractivity contribution < 1.29 is 22.7 Å². The molecule has 1 unspecified atom stereocenters. The molecule has 9 nitrogen and oxygen atoms in total. The molecule has 2 amide bonds. The van der Waals surface area contributed by atoms with Crippen molar-refractivity contribution in [2.45, 2.75) is 24.3 Å². The van der Waals surface area contributed by atoms with Crippen LogP contribution in [0.2, 0.25) is 5.02 Å². The highest BCUT2D eigenvalue weighted by Crippen LogP contribution is 2.33. The minimum absolute atomic E-state index is 0.170. The average molecular weight is 573 g/mol. The maximum absolute atomic E-state index is 13.4. The lowest BCUT2D eigenvalue weighted by Gasteiger charge is -2.38. The molecule has 2 aromatic carbocycles. The van der Waals surface area contributed by atoms with Crippen molar-refractivity contribution in [3.8, 4) is 0 Å². The van der Waals surface area contributed by atoms with Crippen LogP contribution >= 0.6 is 11.6 Å². The molecule has 4 rings (SSSR count). The average Bonchev–Trinajstić information content (AvgIpc) is 3.17. The summed E-state index contributed by atoms with van der Waals surface area (Å²) >= 11 is 6.24. The largest absolute Gasteiger partial charge is 0.463 e. The number of sulfonamides is 1. The summed E-state index contributed by atoms with van der Waals surface area (Å²) in [6, 6.07) is 14.3. The fourth-order valence-electron chi connectivity index (χ4n) is 4.88. The number of esters is 1. The lowest BCUT2D eigenvalue weighted by atomic mass is 9.94. The maximum Gasteiger partial charge on any atom is 0.338 e. The van der Waals surface area contributed by atoms with Crippen molar-refractivity contribution in [3.63, 3.8) is 0 Å². The second-order valence-corrected chi connectivity index (χ2v) is 11.6. The van der Waals surface area contributed by atoms with E-state index in [-0.39, 0.29) is 37.2 Å². The van der Waals surface area contributed by atoms with Gasteiger partial charge in [-0.05, 0) is 49.7 Å². The van der Waals surface area contributed by atoms with Crippen LogP contribution in [0.15, 0.2) is 83.4 Å². The van der Waals surface area contributed by atoms with Crippen LogP contribution in [0.4, 0.5) is 4.79 Å². The van der Waals surface area contributed by atoms with Crippen molar-refractivity contribution in [1.82, 2.24) is 19.4 Å². The molecule has 0 radical (unpaired) electrons. The van der Waals surface area contributed by atoms with Gasteiger partial charge in [0.1, 0.15) is 0 Å². The molecule has 0 saturated carbocycles. The highest BCUT2D eigenvalue weighted by atomic mass is 35.5. The van der Waals surface area contributed by atoms with E-state index in [0.29, 0.717) is 47.9 Å². The second-order valence-electron chi connectivity index (χ2n) is 9.26. The molecule has 39 heavy (non-hydrogen) atoms. The number of carbonyl (C=O) groups is 2. The number of amides is 2. The Hall–Kier alpha value is -3.18. The van der Waals surface area contributed by atoms with Gasteiger partial charge in [-0.3, -0.25) is 9.80 Å². The fraction of sp³-hybridized carbons (Fsp3) is 0.357. The summed E-state index contributed by atoms with van der Waals surface area (Å²) in [5, 5.41) is 3.40. The third-order valence-corrected chi connectivity index (χ3v) is 8.88. The Balaban J connectivity index is 1.67. The third-order valence-electron chi connectivity index (χ3n) is 6.73. The first-order valence-electron chi connectivity index (χ1n) is 12.9. The summed E-state index contributed by atoms with van der Waals surface area (Å²) in [5.74, 6) is -0.533. The van der Waals surface area contributed by atoms with Crippen molar-refractivity contribution in [2.24, 2.45) is 0 Å². The van der Waals surface area contributed by atoms with E-state index in [1.165, 1.54) is 9.21 Å². The van der Waals surface area contributed by atoms with Gasteiger partial charge >= 0.3 is 12.0 Å². The lowest BCUT2D eigenvalue weighted by Crippen LogP contribution is -2.51. The molecular weight excluding hydrogens is 540 g/mol. The third kappa shape index (κ3) is 6.52. The molecule has 1 saturated heterocycles. The standard InChI is InChI=1S/C28H33ClN4O5S/c1-3-14-33-24(20-31-15-9-16-32(18-17-31)39(36,37)23-12-6-5-7-13-23)25(27(34)38-4-2)26(30-28(33)35)21-10-8-11-22(29)19-21/h3,5-8,10-13,19,26H,1,4,9,14-18,20H2,2H3,(H,30,35). The first-order valence-corrected chi connectivity index (χ1v) is 14.7. The Labute approximate surface area is 234 Å². The minimum Gasteiger partial charge on any atom is -0.463 e. The van der Waals surface area contributed by atoms with Gasteiger partial charge in [-0.1, -0.05) is 48.0 Å². The van der Waals surface area contributed by atoms with E-state index in [1.807, 2.05) is 0 Å². The molecule has 2 aliphatic heterocycles. The summed E-state index contributed by atoms with van der Waals surface area (Å²) in [7, 11) is -3.63. The van der Waals surface area contributed by atoms with Gasteiger partial charge in [0.05, 0.1) is 23.1 Å². The van der Waals surface area contributed by atoms with Crippen molar-refractivity contribution in [3.05, 3.63) is 89.1 Å². The van der Waals surface area contributed by atoms with Crippen LogP contribution in [0.25, 0.3) is 0 Å². The number of urea groups is 1. The molecule has 2 aliphatic rings. The van der Waals surface area contributed by atoms with Gasteiger partial charge in [0, 0.05) is 43.4 Å². The van der Waals surface area contributed by atoms with Gasteiger partial charge in [-0.2, -0.15) is 4.31 Å². The summed E-state index contributed by atoms with van der Waals surface area (Å²) in [4.78, 5) is 30.5. The number of halogens is 1. The quantitative estimate of drug-likeness (QED) is 0.362. The first-order chi connectivity index (χ1) is 18.8. The fourth-order valence-corrected chi connectivity index (χ4v) is 6.57. The number of hydrogen-bond donors (Lipinski definition) is 1. The Morgan fingerprint density at radius 3 is 2.59 bits per heavy atom. The van der Waals surface area contributed by atoms with Crippen molar-refractivity contribution in [2.75, 3.05) is 45.9 Å². The molecule has 0 spiro atoms. The molecule has 2 heterocycles. The van der Waals surface area contributed by atoms with E-state index in [2.05, 4.69) is 16.8 Å². The zero-order valence-corrected chi connectivity index (χ0v) is 23.5. The topological polar surface area (TPSA) is 99.3 Å². The number of benzene rings is 2. The molecule has 0 bridgehead atoms. The van der Waals surface area contributed by atoms with E-state index < -0.39 is 22.0 Å². The molecule has 0 aromatic heterocycles. The van der Waals surface area contributed by atoms with Gasteiger partial charge < -0.3 is 10.1 Å². The Morgan fingerprint density at radius 1 is 1.13 bits per heavy atom. The molecule has 208 valence electrons. The Morgan fingerprint density at radius 2 is 1.90 bits per heavy atom. The van der Waals surface area contributed by atoms with Gasteiger partial charge in [0.15, 0.2) is 0 Å². The zero-order chi connectivity index (χ0) is 28.0. The normalized spacial score (nSPS) is 19.4. The summed E-state index contributed by atoms with van der Waals surface area (Å²) in [5.41, 5.74) is 1.48. The van der Waals surface area contributed by atoms with Crippen LogP contribution in [0.3, 0.4) is 0 Å². The van der Waals surface area contributed by atoms with Crippen LogP contribution < -0.4 is 5.32 Å². The summed E-state index contributed by atoms with van der Waals surface area (Å²) in [6.07, 6.45) is 2.19. The zero-order valence-electron chi connectivity index (χ0n) is 21.9. The van der Waals surface area contributed by atoms with Crippen LogP contribution in [0, 0.1) is 0 Å². The van der Waals surface area contributed by atoms with E-state index in [9.17, 15) is 18.0 Å². The Kier molecular flexibility index (Phi) is 9.45. The summed E-state index contributed by atoms with van der Waals surface area (Å²) < 4.78 is 33.4. The molecule has 1 fully saturated rings. The Bertz CT molecular complexity index is 1350. The van der Waals surface area contributed by atoms with E-state index in [4.69, 9.17) is 16.3 Å². The summed E-state index contributed by atoms with van der Waals surface area (Å²) in [6.45, 7) is 7.80. The smallest absolute Gasteiger partial charge is 0.338 e. The molecule has 11 heteroatoms. The highest BCUT2D eigenvalue weighted by Gasteiger charge is 2.39. The van der Waals surface area contributed by atoms with Gasteiger partial charge in [-0.25, -0.2) is 18.0 Å². The van der Waals surface area contributed by atoms with Crippen LogP contribution in [0.5, 0.6) is 0 Å². The molecule has 0 aliphatic carbocycles. The number of ether oxygens (including phenoxy) is 1. The minimum atomic E-state index is -3.63. The SMILES string of the molecule is C=CCN1C(=O)NC(c2cccc(Cl)c2)C(C(=O)OCC)=C1CN1CCCN(S(=O)(=O)c2ccccc2)CC1. The number of rotatable bonds is 9. The predicted octanol–water partition coefficient (Wildman–Crippen LogP) is 3.81. The van der Waals surface area contributed by atoms with E-state index in [1.54, 1.807) is 67.6 Å². The monoisotopic (exact) mass is 572 g/mol. The molecular formula is C28H33ClN4O5S. The van der Waals surface area contributed by atoms with E-state index >= 15 is 0 Å². The molecule has 2 aromatic rings. The van der Waals surface area contributed by atoms with Crippen LogP contribution in [-0.2, 0) is 19.6 Å². The molecule has 1 atom stereocenters. The first kappa shape index (κ1) is 28.8. The number of nitrogens with zero attached hydrogens (tertiary/aromatic N) is 3. The lowest BCUT2D eigenvalue weighted by molar-refractivity contribution is -0.139. The number of hydrogen-bond acceptors (Lipinski definition) is 6. The maximum atomic E-state index is 13.4. The molecule has 1 N–H and O–H groups in total. The predicted molar refractivity (Wildman–Crippen MR) is 150 cm³/mol. The van der Waals surface area contributed by atoms with Crippen LogP contribution in [0.1, 0.15) is 24.9 Å². The van der Waals surface area contributed by atoms with Gasteiger partial charge in [-0.15, -0.1) is 6.58 Å². The van der Waals surface area contributed by atoms with Crippen LogP contribution in [-0.4, -0.2) is 80.4 Å². The number of nitrogens with one attached hydrogen (secondary N) is 1.